The average Bonchev–Trinajstić information content (AvgIpc) is 2.93. The summed E-state index contributed by atoms with van der Waals surface area (Å²) in [5.41, 5.74) is 5.70. The van der Waals surface area contributed by atoms with E-state index >= 15 is 0 Å². The number of nitrogens with zero attached hydrogens (tertiary/aromatic N) is 1. The fraction of sp³-hybridized carbons (Fsp3) is 0.714. The molecule has 1 aliphatic heterocycles. The molecule has 0 saturated carbocycles. The first-order chi connectivity index (χ1) is 9.33. The summed E-state index contributed by atoms with van der Waals surface area (Å²) in [4.78, 5) is 3.94. The quantitative estimate of drug-likeness (QED) is 0.649. The van der Waals surface area contributed by atoms with E-state index in [1.807, 2.05) is 11.3 Å². The maximum absolute atomic E-state index is 8.87. The van der Waals surface area contributed by atoms with Crippen LogP contribution < -0.4 is 11.1 Å². The molecule has 4 N–H and O–H groups in total. The molecule has 19 heavy (non-hydrogen) atoms. The van der Waals surface area contributed by atoms with Gasteiger partial charge in [0.15, 0.2) is 0 Å². The highest BCUT2D eigenvalue weighted by Gasteiger charge is 2.27. The van der Waals surface area contributed by atoms with Gasteiger partial charge in [-0.1, -0.05) is 6.07 Å². The Balaban J connectivity index is 1.92. The maximum Gasteiger partial charge on any atom is 0.0443 e. The molecule has 5 heteroatoms. The molecule has 0 radical (unpaired) electrons. The van der Waals surface area contributed by atoms with Crippen molar-refractivity contribution in [3.8, 4) is 0 Å². The molecule has 2 atom stereocenters. The average molecular weight is 283 g/mol. The summed E-state index contributed by atoms with van der Waals surface area (Å²) >= 11 is 1.85. The first-order valence-electron chi connectivity index (χ1n) is 7.13. The van der Waals surface area contributed by atoms with Gasteiger partial charge in [0.25, 0.3) is 0 Å². The van der Waals surface area contributed by atoms with Crippen LogP contribution in [0.5, 0.6) is 0 Å². The number of piperidine rings is 1. The van der Waals surface area contributed by atoms with Gasteiger partial charge in [0.05, 0.1) is 0 Å². The van der Waals surface area contributed by atoms with Crippen molar-refractivity contribution in [3.63, 3.8) is 0 Å². The minimum absolute atomic E-state index is 0.264. The van der Waals surface area contributed by atoms with E-state index in [0.29, 0.717) is 12.0 Å². The van der Waals surface area contributed by atoms with Crippen molar-refractivity contribution >= 4 is 11.3 Å². The molecule has 4 nitrogen and oxygen atoms in total. The fourth-order valence-corrected chi connectivity index (χ4v) is 3.65. The number of nitrogens with two attached hydrogens (primary N) is 1. The van der Waals surface area contributed by atoms with Crippen LogP contribution in [-0.2, 0) is 0 Å². The van der Waals surface area contributed by atoms with Crippen LogP contribution in [0, 0.1) is 0 Å². The fourth-order valence-electron chi connectivity index (χ4n) is 2.82. The van der Waals surface area contributed by atoms with Crippen LogP contribution in [0.15, 0.2) is 17.5 Å². The monoisotopic (exact) mass is 283 g/mol. The third-order valence-corrected chi connectivity index (χ3v) is 4.72. The molecule has 0 bridgehead atoms. The zero-order valence-corrected chi connectivity index (χ0v) is 12.2. The molecular weight excluding hydrogens is 258 g/mol. The Hall–Kier alpha value is -0.460. The molecule has 1 aliphatic rings. The second-order valence-corrected chi connectivity index (χ2v) is 6.20. The molecule has 2 heterocycles. The van der Waals surface area contributed by atoms with Crippen molar-refractivity contribution < 1.29 is 5.11 Å². The Kier molecular flexibility index (Phi) is 6.26. The van der Waals surface area contributed by atoms with Gasteiger partial charge in [0, 0.05) is 49.6 Å². The van der Waals surface area contributed by atoms with Crippen LogP contribution in [0.4, 0.5) is 0 Å². The lowest BCUT2D eigenvalue weighted by Crippen LogP contribution is -2.49. The van der Waals surface area contributed by atoms with Gasteiger partial charge < -0.3 is 16.2 Å². The third kappa shape index (κ3) is 4.54. The molecule has 1 aromatic rings. The van der Waals surface area contributed by atoms with Crippen LogP contribution >= 0.6 is 11.3 Å². The van der Waals surface area contributed by atoms with E-state index in [-0.39, 0.29) is 6.61 Å². The highest BCUT2D eigenvalue weighted by atomic mass is 32.1. The second kappa shape index (κ2) is 7.97. The van der Waals surface area contributed by atoms with Crippen LogP contribution in [0.25, 0.3) is 0 Å². The van der Waals surface area contributed by atoms with E-state index in [1.54, 1.807) is 0 Å². The minimum Gasteiger partial charge on any atom is -0.396 e. The topological polar surface area (TPSA) is 61.5 Å². The third-order valence-electron chi connectivity index (χ3n) is 3.68. The normalized spacial score (nSPS) is 24.7. The SMILES string of the molecule is NCCN1CC(NCCCO)CC(c2cccs2)C1. The van der Waals surface area contributed by atoms with Crippen LogP contribution in [-0.4, -0.2) is 55.4 Å². The van der Waals surface area contributed by atoms with Gasteiger partial charge in [0.1, 0.15) is 0 Å². The summed E-state index contributed by atoms with van der Waals surface area (Å²) in [6.07, 6.45) is 2.02. The first kappa shape index (κ1) is 14.9. The van der Waals surface area contributed by atoms with Crippen molar-refractivity contribution in [2.24, 2.45) is 5.73 Å². The molecule has 1 fully saturated rings. The van der Waals surface area contributed by atoms with E-state index < -0.39 is 0 Å². The molecule has 2 rings (SSSR count). The smallest absolute Gasteiger partial charge is 0.0443 e. The van der Waals surface area contributed by atoms with Gasteiger partial charge in [0.2, 0.25) is 0 Å². The zero-order chi connectivity index (χ0) is 13.5. The van der Waals surface area contributed by atoms with E-state index in [2.05, 4.69) is 27.7 Å². The Labute approximate surface area is 119 Å². The second-order valence-electron chi connectivity index (χ2n) is 5.22. The highest BCUT2D eigenvalue weighted by Crippen LogP contribution is 2.30. The number of nitrogens with one attached hydrogen (secondary N) is 1. The Morgan fingerprint density at radius 1 is 1.47 bits per heavy atom. The van der Waals surface area contributed by atoms with E-state index in [0.717, 1.165) is 39.1 Å². The molecule has 0 spiro atoms. The number of hydrogen-bond acceptors (Lipinski definition) is 5. The van der Waals surface area contributed by atoms with Crippen molar-refractivity contribution in [1.82, 2.24) is 10.2 Å². The molecular formula is C14H25N3OS. The van der Waals surface area contributed by atoms with Gasteiger partial charge in [-0.2, -0.15) is 0 Å². The maximum atomic E-state index is 8.87. The summed E-state index contributed by atoms with van der Waals surface area (Å²) < 4.78 is 0. The van der Waals surface area contributed by atoms with Gasteiger partial charge in [-0.05, 0) is 30.8 Å². The Morgan fingerprint density at radius 2 is 2.37 bits per heavy atom. The standard InChI is InChI=1S/C14H25N3OS/c15-4-6-17-10-12(14-3-1-8-19-14)9-13(11-17)16-5-2-7-18/h1,3,8,12-13,16,18H,2,4-7,9-11,15H2. The number of likely N-dealkylation sites (tertiary alicyclic amines) is 1. The number of hydrogen-bond donors (Lipinski definition) is 3. The number of thiophene rings is 1. The lowest BCUT2D eigenvalue weighted by atomic mass is 9.92. The summed E-state index contributed by atoms with van der Waals surface area (Å²) in [6, 6.07) is 4.89. The van der Waals surface area contributed by atoms with Crippen molar-refractivity contribution in [2.75, 3.05) is 39.3 Å². The van der Waals surface area contributed by atoms with Crippen molar-refractivity contribution in [1.29, 1.82) is 0 Å². The molecule has 1 aromatic heterocycles. The van der Waals surface area contributed by atoms with Crippen molar-refractivity contribution in [3.05, 3.63) is 22.4 Å². The highest BCUT2D eigenvalue weighted by molar-refractivity contribution is 7.10. The van der Waals surface area contributed by atoms with Crippen molar-refractivity contribution in [2.45, 2.75) is 24.8 Å². The lowest BCUT2D eigenvalue weighted by molar-refractivity contribution is 0.174. The summed E-state index contributed by atoms with van der Waals surface area (Å²) in [5.74, 6) is 0.618. The largest absolute Gasteiger partial charge is 0.396 e. The molecule has 108 valence electrons. The summed E-state index contributed by atoms with van der Waals surface area (Å²) in [5, 5.41) is 14.6. The van der Waals surface area contributed by atoms with Crippen LogP contribution in [0.3, 0.4) is 0 Å². The summed E-state index contributed by atoms with van der Waals surface area (Å²) in [6.45, 7) is 5.05. The lowest BCUT2D eigenvalue weighted by Gasteiger charge is -2.37. The van der Waals surface area contributed by atoms with E-state index in [1.165, 1.54) is 11.3 Å². The zero-order valence-electron chi connectivity index (χ0n) is 11.4. The van der Waals surface area contributed by atoms with E-state index in [4.69, 9.17) is 10.8 Å². The van der Waals surface area contributed by atoms with E-state index in [9.17, 15) is 0 Å². The number of aliphatic hydroxyl groups excluding tert-OH is 1. The molecule has 0 aromatic carbocycles. The predicted molar refractivity (Wildman–Crippen MR) is 80.7 cm³/mol. The van der Waals surface area contributed by atoms with Gasteiger partial charge in [-0.25, -0.2) is 0 Å². The molecule has 0 aliphatic carbocycles. The predicted octanol–water partition coefficient (Wildman–Crippen LogP) is 0.837. The van der Waals surface area contributed by atoms with Gasteiger partial charge >= 0.3 is 0 Å². The Bertz CT molecular complexity index is 344. The van der Waals surface area contributed by atoms with Gasteiger partial charge in [-0.3, -0.25) is 4.90 Å². The van der Waals surface area contributed by atoms with Gasteiger partial charge in [-0.15, -0.1) is 11.3 Å². The first-order valence-corrected chi connectivity index (χ1v) is 8.01. The molecule has 2 unspecified atom stereocenters. The Morgan fingerprint density at radius 3 is 3.05 bits per heavy atom. The number of rotatable bonds is 7. The van der Waals surface area contributed by atoms with Crippen LogP contribution in [0.1, 0.15) is 23.6 Å². The summed E-state index contributed by atoms with van der Waals surface area (Å²) in [7, 11) is 0. The minimum atomic E-state index is 0.264. The molecule has 0 amide bonds. The number of aliphatic hydroxyl groups is 1. The van der Waals surface area contributed by atoms with Crippen LogP contribution in [0.2, 0.25) is 0 Å². The molecule has 1 saturated heterocycles.